The summed E-state index contributed by atoms with van der Waals surface area (Å²) in [5, 5.41) is 6.82. The molecule has 0 bridgehead atoms. The molecule has 0 spiro atoms. The molecule has 0 aliphatic rings. The van der Waals surface area contributed by atoms with E-state index in [9.17, 15) is 4.79 Å². The van der Waals surface area contributed by atoms with E-state index in [1.807, 2.05) is 38.1 Å². The molecule has 1 amide bonds. The molecule has 3 rings (SSSR count). The zero-order valence-electron chi connectivity index (χ0n) is 15.9. The van der Waals surface area contributed by atoms with Crippen LogP contribution in [-0.2, 0) is 13.2 Å². The monoisotopic (exact) mass is 444 g/mol. The first-order valence-corrected chi connectivity index (χ1v) is 9.52. The molecule has 0 atom stereocenters. The number of aryl methyl sites for hydroxylation is 2. The highest BCUT2D eigenvalue weighted by atomic mass is 79.9. The predicted molar refractivity (Wildman–Crippen MR) is 109 cm³/mol. The number of aromatic nitrogens is 1. The molecule has 0 aliphatic carbocycles. The molecule has 0 unspecified atom stereocenters. The largest absolute Gasteiger partial charge is 0.493 e. The van der Waals surface area contributed by atoms with Gasteiger partial charge < -0.3 is 19.3 Å². The van der Waals surface area contributed by atoms with Crippen LogP contribution < -0.4 is 14.8 Å². The van der Waals surface area contributed by atoms with Crippen LogP contribution in [0.3, 0.4) is 0 Å². The summed E-state index contributed by atoms with van der Waals surface area (Å²) in [5.41, 5.74) is 3.20. The maximum absolute atomic E-state index is 12.5. The van der Waals surface area contributed by atoms with E-state index in [1.54, 1.807) is 25.3 Å². The summed E-state index contributed by atoms with van der Waals surface area (Å²) >= 11 is 3.43. The van der Waals surface area contributed by atoms with Crippen molar-refractivity contribution in [2.24, 2.45) is 0 Å². The lowest BCUT2D eigenvalue weighted by Crippen LogP contribution is -2.22. The van der Waals surface area contributed by atoms with Crippen LogP contribution in [0.15, 0.2) is 51.5 Å². The first-order chi connectivity index (χ1) is 13.5. The Morgan fingerprint density at radius 2 is 2.00 bits per heavy atom. The van der Waals surface area contributed by atoms with Gasteiger partial charge in [0.05, 0.1) is 18.4 Å². The Bertz CT molecular complexity index is 965. The van der Waals surface area contributed by atoms with Gasteiger partial charge in [-0.15, -0.1) is 0 Å². The van der Waals surface area contributed by atoms with Crippen LogP contribution in [0.2, 0.25) is 0 Å². The molecule has 0 radical (unpaired) electrons. The standard InChI is InChI=1S/C21H21BrN2O4/c1-13-18(14(2)28-24-13)12-27-19-8-7-16(10-20(19)26-3)21(25)23-11-15-5-4-6-17(22)9-15/h4-10H,11-12H2,1-3H3,(H,23,25). The minimum atomic E-state index is -0.185. The van der Waals surface area contributed by atoms with Crippen LogP contribution in [0.5, 0.6) is 11.5 Å². The summed E-state index contributed by atoms with van der Waals surface area (Å²) in [5.74, 6) is 1.57. The van der Waals surface area contributed by atoms with E-state index in [0.717, 1.165) is 27.1 Å². The van der Waals surface area contributed by atoms with Gasteiger partial charge in [0.25, 0.3) is 5.91 Å². The van der Waals surface area contributed by atoms with Crippen LogP contribution in [0, 0.1) is 13.8 Å². The van der Waals surface area contributed by atoms with E-state index in [0.29, 0.717) is 30.2 Å². The number of carbonyl (C=O) groups excluding carboxylic acids is 1. The number of ether oxygens (including phenoxy) is 2. The molecule has 3 aromatic rings. The third-order valence-corrected chi connectivity index (χ3v) is 4.81. The summed E-state index contributed by atoms with van der Waals surface area (Å²) in [6, 6.07) is 12.9. The SMILES string of the molecule is COc1cc(C(=O)NCc2cccc(Br)c2)ccc1OCc1c(C)noc1C. The maximum Gasteiger partial charge on any atom is 0.251 e. The van der Waals surface area contributed by atoms with Gasteiger partial charge in [0.1, 0.15) is 12.4 Å². The average Bonchev–Trinajstić information content (AvgIpc) is 3.02. The van der Waals surface area contributed by atoms with Gasteiger partial charge in [-0.1, -0.05) is 33.2 Å². The number of rotatable bonds is 7. The van der Waals surface area contributed by atoms with Crippen molar-refractivity contribution < 1.29 is 18.8 Å². The fourth-order valence-corrected chi connectivity index (χ4v) is 3.16. The topological polar surface area (TPSA) is 73.6 Å². The first-order valence-electron chi connectivity index (χ1n) is 8.73. The lowest BCUT2D eigenvalue weighted by Gasteiger charge is -2.12. The number of nitrogens with zero attached hydrogens (tertiary/aromatic N) is 1. The highest BCUT2D eigenvalue weighted by molar-refractivity contribution is 9.10. The number of benzene rings is 2. The highest BCUT2D eigenvalue weighted by Gasteiger charge is 2.14. The van der Waals surface area contributed by atoms with E-state index in [2.05, 4.69) is 26.4 Å². The third kappa shape index (κ3) is 4.72. The Balaban J connectivity index is 1.67. The number of nitrogens with one attached hydrogen (secondary N) is 1. The van der Waals surface area contributed by atoms with Gasteiger partial charge in [-0.3, -0.25) is 4.79 Å². The molecule has 0 saturated heterocycles. The van der Waals surface area contributed by atoms with Crippen LogP contribution in [0.4, 0.5) is 0 Å². The molecule has 0 saturated carbocycles. The van der Waals surface area contributed by atoms with Crippen LogP contribution >= 0.6 is 15.9 Å². The summed E-state index contributed by atoms with van der Waals surface area (Å²) in [6.45, 7) is 4.45. The molecule has 1 heterocycles. The normalized spacial score (nSPS) is 10.6. The molecule has 6 nitrogen and oxygen atoms in total. The van der Waals surface area contributed by atoms with Gasteiger partial charge in [0.15, 0.2) is 11.5 Å². The average molecular weight is 445 g/mol. The van der Waals surface area contributed by atoms with Crippen molar-refractivity contribution in [3.8, 4) is 11.5 Å². The maximum atomic E-state index is 12.5. The second-order valence-corrected chi connectivity index (χ2v) is 7.19. The molecule has 0 aliphatic heterocycles. The van der Waals surface area contributed by atoms with Gasteiger partial charge >= 0.3 is 0 Å². The quantitative estimate of drug-likeness (QED) is 0.577. The molecule has 1 N–H and O–H groups in total. The van der Waals surface area contributed by atoms with E-state index in [1.165, 1.54) is 0 Å². The second-order valence-electron chi connectivity index (χ2n) is 6.27. The van der Waals surface area contributed by atoms with Gasteiger partial charge in [0.2, 0.25) is 0 Å². The fourth-order valence-electron chi connectivity index (χ4n) is 2.72. The molecular formula is C21H21BrN2O4. The van der Waals surface area contributed by atoms with E-state index in [4.69, 9.17) is 14.0 Å². The zero-order valence-corrected chi connectivity index (χ0v) is 17.5. The van der Waals surface area contributed by atoms with Gasteiger partial charge in [-0.05, 0) is 49.7 Å². The highest BCUT2D eigenvalue weighted by Crippen LogP contribution is 2.29. The molecule has 28 heavy (non-hydrogen) atoms. The van der Waals surface area contributed by atoms with Crippen LogP contribution in [0.25, 0.3) is 0 Å². The first kappa shape index (κ1) is 19.9. The van der Waals surface area contributed by atoms with Crippen molar-refractivity contribution in [1.29, 1.82) is 0 Å². The van der Waals surface area contributed by atoms with Crippen molar-refractivity contribution in [1.82, 2.24) is 10.5 Å². The van der Waals surface area contributed by atoms with Crippen molar-refractivity contribution in [2.45, 2.75) is 27.0 Å². The van der Waals surface area contributed by atoms with Gasteiger partial charge in [0, 0.05) is 16.6 Å². The van der Waals surface area contributed by atoms with Crippen LogP contribution in [0.1, 0.15) is 32.9 Å². The van der Waals surface area contributed by atoms with E-state index < -0.39 is 0 Å². The smallest absolute Gasteiger partial charge is 0.251 e. The fraction of sp³-hybridized carbons (Fsp3) is 0.238. The summed E-state index contributed by atoms with van der Waals surface area (Å²) in [4.78, 5) is 12.5. The molecular weight excluding hydrogens is 424 g/mol. The molecule has 146 valence electrons. The lowest BCUT2D eigenvalue weighted by atomic mass is 10.1. The molecule has 0 fully saturated rings. The summed E-state index contributed by atoms with van der Waals surface area (Å²) < 4.78 is 17.4. The van der Waals surface area contributed by atoms with E-state index >= 15 is 0 Å². The van der Waals surface area contributed by atoms with E-state index in [-0.39, 0.29) is 5.91 Å². The lowest BCUT2D eigenvalue weighted by molar-refractivity contribution is 0.0950. The number of hydrogen-bond donors (Lipinski definition) is 1. The minimum absolute atomic E-state index is 0.185. The van der Waals surface area contributed by atoms with Crippen molar-refractivity contribution >= 4 is 21.8 Å². The minimum Gasteiger partial charge on any atom is -0.493 e. The number of amides is 1. The number of halogens is 1. The zero-order chi connectivity index (χ0) is 20.1. The Kier molecular flexibility index (Phi) is 6.36. The number of hydrogen-bond acceptors (Lipinski definition) is 5. The van der Waals surface area contributed by atoms with Crippen LogP contribution in [-0.4, -0.2) is 18.2 Å². The molecule has 7 heteroatoms. The van der Waals surface area contributed by atoms with Gasteiger partial charge in [-0.25, -0.2) is 0 Å². The second kappa shape index (κ2) is 8.93. The van der Waals surface area contributed by atoms with Crippen molar-refractivity contribution in [3.63, 3.8) is 0 Å². The third-order valence-electron chi connectivity index (χ3n) is 4.32. The number of methoxy groups -OCH3 is 1. The van der Waals surface area contributed by atoms with Gasteiger partial charge in [-0.2, -0.15) is 0 Å². The Morgan fingerprint density at radius 1 is 1.18 bits per heavy atom. The number of carbonyl (C=O) groups is 1. The molecule has 2 aromatic carbocycles. The summed E-state index contributed by atoms with van der Waals surface area (Å²) in [7, 11) is 1.54. The van der Waals surface area contributed by atoms with Crippen molar-refractivity contribution in [2.75, 3.05) is 7.11 Å². The molecule has 1 aromatic heterocycles. The Labute approximate surface area is 172 Å². The van der Waals surface area contributed by atoms with Crippen molar-refractivity contribution in [3.05, 3.63) is 75.1 Å². The summed E-state index contributed by atoms with van der Waals surface area (Å²) in [6.07, 6.45) is 0. The Morgan fingerprint density at radius 3 is 2.68 bits per heavy atom. The Hall–Kier alpha value is -2.80. The predicted octanol–water partition coefficient (Wildman–Crippen LogP) is 4.57.